The summed E-state index contributed by atoms with van der Waals surface area (Å²) in [5.41, 5.74) is 0.299. The lowest BCUT2D eigenvalue weighted by atomic mass is 9.86. The maximum atomic E-state index is 12.2. The molecule has 0 radical (unpaired) electrons. The van der Waals surface area contributed by atoms with Crippen LogP contribution in [0.5, 0.6) is 0 Å². The lowest BCUT2D eigenvalue weighted by molar-refractivity contribution is -0.188. The van der Waals surface area contributed by atoms with Gasteiger partial charge in [0.2, 0.25) is 11.8 Å². The molecule has 0 bridgehead atoms. The first-order chi connectivity index (χ1) is 45.5. The molecule has 572 valence electrons. The first-order valence-corrected chi connectivity index (χ1v) is 37.5. The van der Waals surface area contributed by atoms with Crippen LogP contribution in [-0.4, -0.2) is 207 Å². The number of ketones is 2. The Balaban J connectivity index is 0. The van der Waals surface area contributed by atoms with Gasteiger partial charge in [0.05, 0.1) is 63.7 Å². The number of amides is 5. The Bertz CT molecular complexity index is 2230. The number of ether oxygens (including phenoxy) is 3. The van der Waals surface area contributed by atoms with Crippen LogP contribution in [0.2, 0.25) is 0 Å². The van der Waals surface area contributed by atoms with Crippen molar-refractivity contribution < 1.29 is 56.1 Å². The van der Waals surface area contributed by atoms with E-state index in [1.807, 2.05) is 35.8 Å². The second kappa shape index (κ2) is 51.7. The Kier molecular flexibility index (Phi) is 50.4. The van der Waals surface area contributed by atoms with Gasteiger partial charge in [0.25, 0.3) is 0 Å². The fraction of sp³-hybridized carbons (Fsp3) is 0.896. The Morgan fingerprint density at radius 2 is 1.09 bits per heavy atom. The largest absolute Gasteiger partial charge is 0.471 e. The van der Waals surface area contributed by atoms with Gasteiger partial charge < -0.3 is 44.0 Å². The standard InChI is InChI=1S/C11H23N.C10H18F3NO2.C10H19NO.C10H17NO.C10H20O.C9H14N2O.C9H17NO2.C8H16N2O/c1-9(2)11-5-7-12(8-6-11)10(3)4;1-7(2)14(5-6-16-8(3)4)9(15)10(11,12)13;1-8(2)9-3-4-11(5-9)10-6-12-7-10;1-10(2,3)7-4-5-9(12)6-8-11;1-8(2)6-5-7-10(11)9(3)4;1-7(2)8-5-11(6-8)9(12)3-4-10;1-8(2)7-9(11)10-3-5-12-6-4-10;1-6(2)7-4-10(5-7)8(11)9-3/h9-11H,5-8H2,1-4H3;7-8H,5-6H2,1-4H3;8-10H,3-7H2,1-2H3;4-7H2,1-3H3;8-9H,5-7H2,1-4H3;7-8H,3,5-6H2,1-2H3;8H,3-7H2,1-2H3;6-7H,4-5H2,1-3H3,(H,9,11). The maximum absolute atomic E-state index is 12.2. The third-order valence-corrected chi connectivity index (χ3v) is 18.7. The minimum absolute atomic E-state index is 0.0191. The number of nitrogens with zero attached hydrogens (tertiary/aromatic N) is 8. The number of carbonyl (C=O) groups is 6. The zero-order chi connectivity index (χ0) is 75.6. The molecular formula is C77H144F3N9O9. The van der Waals surface area contributed by atoms with E-state index in [0.717, 1.165) is 125 Å². The number of halogens is 3. The molecular weight excluding hydrogens is 1250 g/mol. The second-order valence-corrected chi connectivity index (χ2v) is 32.1. The van der Waals surface area contributed by atoms with E-state index < -0.39 is 18.1 Å². The van der Waals surface area contributed by atoms with Crippen LogP contribution < -0.4 is 5.32 Å². The number of piperidine rings is 1. The minimum atomic E-state index is -4.82. The van der Waals surface area contributed by atoms with Gasteiger partial charge in [-0.05, 0) is 164 Å². The van der Waals surface area contributed by atoms with Crippen molar-refractivity contribution in [3.63, 3.8) is 0 Å². The molecule has 0 saturated carbocycles. The van der Waals surface area contributed by atoms with Gasteiger partial charge in [-0.3, -0.25) is 28.9 Å². The molecule has 1 atom stereocenters. The average Bonchev–Trinajstić information content (AvgIpc) is 0.921. The number of alkyl halides is 3. The Hall–Kier alpha value is -4.41. The van der Waals surface area contributed by atoms with Gasteiger partial charge in [0.15, 0.2) is 0 Å². The number of hydrogen-bond donors (Lipinski definition) is 1. The van der Waals surface area contributed by atoms with Crippen LogP contribution in [0, 0.1) is 93.2 Å². The van der Waals surface area contributed by atoms with E-state index >= 15 is 0 Å². The van der Waals surface area contributed by atoms with Gasteiger partial charge >= 0.3 is 18.1 Å². The van der Waals surface area contributed by atoms with Crippen molar-refractivity contribution in [1.29, 1.82) is 10.5 Å². The van der Waals surface area contributed by atoms with Crippen molar-refractivity contribution in [2.45, 2.75) is 267 Å². The van der Waals surface area contributed by atoms with E-state index in [1.54, 1.807) is 39.6 Å². The second-order valence-electron chi connectivity index (χ2n) is 32.1. The summed E-state index contributed by atoms with van der Waals surface area (Å²) in [6, 6.07) is 4.80. The summed E-state index contributed by atoms with van der Waals surface area (Å²) in [5.74, 6) is 6.72. The highest BCUT2D eigenvalue weighted by atomic mass is 19.4. The van der Waals surface area contributed by atoms with Crippen LogP contribution in [0.15, 0.2) is 0 Å². The zero-order valence-electron chi connectivity index (χ0n) is 66.3. The number of nitrogens with one attached hydrogen (secondary N) is 1. The van der Waals surface area contributed by atoms with E-state index in [2.05, 4.69) is 133 Å². The normalized spacial score (nSPS) is 17.8. The fourth-order valence-electron chi connectivity index (χ4n) is 11.2. The molecule has 0 spiro atoms. The molecule has 0 aromatic carbocycles. The van der Waals surface area contributed by atoms with Crippen LogP contribution in [0.4, 0.5) is 18.0 Å². The van der Waals surface area contributed by atoms with Crippen molar-refractivity contribution in [3.8, 4) is 12.1 Å². The molecule has 6 fully saturated rings. The van der Waals surface area contributed by atoms with E-state index in [9.17, 15) is 41.9 Å². The van der Waals surface area contributed by atoms with Crippen LogP contribution in [0.3, 0.4) is 0 Å². The van der Waals surface area contributed by atoms with Crippen molar-refractivity contribution >= 4 is 35.3 Å². The topological polar surface area (TPSA) is 209 Å². The highest BCUT2D eigenvalue weighted by Gasteiger charge is 2.43. The quantitative estimate of drug-likeness (QED) is 0.101. The van der Waals surface area contributed by atoms with Gasteiger partial charge in [-0.1, -0.05) is 124 Å². The first-order valence-electron chi connectivity index (χ1n) is 37.5. The van der Waals surface area contributed by atoms with Gasteiger partial charge in [-0.2, -0.15) is 23.7 Å². The SMILES string of the molecule is CC(C)(C)CCCC(=O)CC#N.CC(C)C1CCN(C(C)C)CC1.CC(C)C1CCN(C2COC2)C1.CC(C)C1CN(C(=O)CC#N)C1.CC(C)CC(=O)N1CCOCC1.CC(C)CCCC(=O)C(C)C.CC(C)OCCN(C(=O)C(F)(F)F)C(C)C.CNC(=O)N1CC(C(C)C)C1. The van der Waals surface area contributed by atoms with E-state index in [1.165, 1.54) is 51.9 Å². The zero-order valence-corrected chi connectivity index (χ0v) is 66.3. The number of carbonyl (C=O) groups excluding carboxylic acids is 6. The minimum Gasteiger partial charge on any atom is -0.378 e. The molecule has 6 rings (SSSR count). The Labute approximate surface area is 595 Å². The molecule has 1 N–H and O–H groups in total. The third-order valence-electron chi connectivity index (χ3n) is 18.7. The summed E-state index contributed by atoms with van der Waals surface area (Å²) in [4.78, 5) is 78.1. The molecule has 21 heteroatoms. The predicted octanol–water partition coefficient (Wildman–Crippen LogP) is 14.9. The lowest BCUT2D eigenvalue weighted by Gasteiger charge is -2.41. The van der Waals surface area contributed by atoms with Crippen molar-refractivity contribution in [2.24, 2.45) is 70.5 Å². The molecule has 6 aliphatic heterocycles. The molecule has 6 aliphatic rings. The molecule has 6 saturated heterocycles. The highest BCUT2D eigenvalue weighted by molar-refractivity contribution is 5.82. The summed E-state index contributed by atoms with van der Waals surface area (Å²) in [6.07, 6.45) is 5.65. The summed E-state index contributed by atoms with van der Waals surface area (Å²) in [6.45, 7) is 62.0. The van der Waals surface area contributed by atoms with Crippen LogP contribution in [-0.2, 0) is 38.2 Å². The van der Waals surface area contributed by atoms with Crippen LogP contribution in [0.1, 0.15) is 236 Å². The van der Waals surface area contributed by atoms with E-state index in [4.69, 9.17) is 24.7 Å². The third kappa shape index (κ3) is 44.8. The van der Waals surface area contributed by atoms with Crippen molar-refractivity contribution in [2.75, 3.05) is 112 Å². The molecule has 6 heterocycles. The van der Waals surface area contributed by atoms with Crippen molar-refractivity contribution in [3.05, 3.63) is 0 Å². The number of morpholine rings is 1. The fourth-order valence-corrected chi connectivity index (χ4v) is 11.2. The molecule has 98 heavy (non-hydrogen) atoms. The number of Topliss-reactive ketones (excluding diaryl/α,β-unsaturated/α-hetero) is 2. The number of hydrogen-bond acceptors (Lipinski definition) is 13. The Morgan fingerprint density at radius 1 is 0.592 bits per heavy atom. The van der Waals surface area contributed by atoms with Crippen LogP contribution >= 0.6 is 0 Å². The first kappa shape index (κ1) is 95.6. The summed E-state index contributed by atoms with van der Waals surface area (Å²) in [5, 5.41) is 19.1. The summed E-state index contributed by atoms with van der Waals surface area (Å²) >= 11 is 0. The predicted molar refractivity (Wildman–Crippen MR) is 391 cm³/mol. The number of nitriles is 2. The van der Waals surface area contributed by atoms with Crippen LogP contribution in [0.25, 0.3) is 0 Å². The number of urea groups is 1. The van der Waals surface area contributed by atoms with E-state index in [0.29, 0.717) is 66.8 Å². The van der Waals surface area contributed by atoms with Gasteiger partial charge in [0.1, 0.15) is 18.0 Å². The average molecular weight is 1400 g/mol. The molecule has 0 aromatic rings. The molecule has 0 aliphatic carbocycles. The maximum Gasteiger partial charge on any atom is 0.471 e. The summed E-state index contributed by atoms with van der Waals surface area (Å²) < 4.78 is 52.1. The van der Waals surface area contributed by atoms with E-state index in [-0.39, 0.29) is 61.6 Å². The molecule has 5 amide bonds. The van der Waals surface area contributed by atoms with Gasteiger partial charge in [-0.25, -0.2) is 4.79 Å². The Morgan fingerprint density at radius 3 is 1.47 bits per heavy atom. The smallest absolute Gasteiger partial charge is 0.378 e. The highest BCUT2D eigenvalue weighted by Crippen LogP contribution is 2.29. The molecule has 0 aromatic heterocycles. The van der Waals surface area contributed by atoms with Gasteiger partial charge in [0, 0.05) is 96.7 Å². The molecule has 18 nitrogen and oxygen atoms in total. The van der Waals surface area contributed by atoms with Crippen molar-refractivity contribution in [1.82, 2.24) is 34.7 Å². The van der Waals surface area contributed by atoms with Gasteiger partial charge in [-0.15, -0.1) is 0 Å². The molecule has 1 unspecified atom stereocenters. The number of likely N-dealkylation sites (tertiary alicyclic amines) is 4. The monoisotopic (exact) mass is 1400 g/mol. The lowest BCUT2D eigenvalue weighted by Crippen LogP contribution is -2.54. The number of rotatable bonds is 23. The summed E-state index contributed by atoms with van der Waals surface area (Å²) in [7, 11) is 1.67.